The molecule has 0 aliphatic carbocycles. The summed E-state index contributed by atoms with van der Waals surface area (Å²) in [6.07, 6.45) is 3.24. The third-order valence-corrected chi connectivity index (χ3v) is 5.01. The third kappa shape index (κ3) is 3.53. The van der Waals surface area contributed by atoms with Gasteiger partial charge in [0.1, 0.15) is 0 Å². The number of rotatable bonds is 5. The molecule has 0 unspecified atom stereocenters. The minimum Gasteiger partial charge on any atom is -0.463 e. The summed E-state index contributed by atoms with van der Waals surface area (Å²) in [5.41, 5.74) is 2.89. The summed E-state index contributed by atoms with van der Waals surface area (Å²) in [6, 6.07) is 22.5. The second kappa shape index (κ2) is 8.17. The molecule has 30 heavy (non-hydrogen) atoms. The molecular formula is C25H19NO4. The molecule has 0 aliphatic rings. The summed E-state index contributed by atoms with van der Waals surface area (Å²) in [5.74, 6) is -0.384. The van der Waals surface area contributed by atoms with Crippen LogP contribution >= 0.6 is 0 Å². The van der Waals surface area contributed by atoms with Crippen LogP contribution in [-0.4, -0.2) is 17.5 Å². The number of ether oxygens (including phenoxy) is 1. The number of benzene rings is 4. The number of hydrogen-bond donors (Lipinski definition) is 0. The van der Waals surface area contributed by atoms with Crippen molar-refractivity contribution in [3.05, 3.63) is 94.6 Å². The first-order valence-corrected chi connectivity index (χ1v) is 9.63. The lowest BCUT2D eigenvalue weighted by molar-refractivity contribution is -0.384. The van der Waals surface area contributed by atoms with Crippen LogP contribution in [0, 0.1) is 10.1 Å². The molecule has 0 amide bonds. The van der Waals surface area contributed by atoms with Gasteiger partial charge >= 0.3 is 5.97 Å². The summed E-state index contributed by atoms with van der Waals surface area (Å²) < 4.78 is 5.03. The van der Waals surface area contributed by atoms with Gasteiger partial charge in [0, 0.05) is 18.2 Å². The predicted molar refractivity (Wildman–Crippen MR) is 119 cm³/mol. The summed E-state index contributed by atoms with van der Waals surface area (Å²) in [7, 11) is 0. The van der Waals surface area contributed by atoms with Gasteiger partial charge in [-0.1, -0.05) is 48.5 Å². The summed E-state index contributed by atoms with van der Waals surface area (Å²) in [4.78, 5) is 22.6. The number of non-ortho nitro benzene ring substituents is 1. The zero-order chi connectivity index (χ0) is 21.1. The van der Waals surface area contributed by atoms with Gasteiger partial charge in [0.15, 0.2) is 0 Å². The number of nitrogens with zero attached hydrogens (tertiary/aromatic N) is 1. The number of nitro groups is 1. The summed E-state index contributed by atoms with van der Waals surface area (Å²) >= 11 is 0. The van der Waals surface area contributed by atoms with Crippen molar-refractivity contribution in [3.8, 4) is 11.1 Å². The van der Waals surface area contributed by atoms with Crippen LogP contribution in [0.5, 0.6) is 0 Å². The van der Waals surface area contributed by atoms with Crippen molar-refractivity contribution in [3.63, 3.8) is 0 Å². The molecule has 0 N–H and O–H groups in total. The SMILES string of the molecule is CCOC(=O)/C=C/c1c2ccccc2c(-c2ccc([N+](=O)[O-])cc2)c2ccccc12. The topological polar surface area (TPSA) is 69.4 Å². The maximum atomic E-state index is 11.9. The minimum absolute atomic E-state index is 0.0568. The highest BCUT2D eigenvalue weighted by atomic mass is 16.6. The molecule has 0 bridgehead atoms. The van der Waals surface area contributed by atoms with E-state index in [1.807, 2.05) is 48.5 Å². The fourth-order valence-electron chi connectivity index (χ4n) is 3.74. The Morgan fingerprint density at radius 2 is 1.43 bits per heavy atom. The van der Waals surface area contributed by atoms with E-state index in [4.69, 9.17) is 4.74 Å². The van der Waals surface area contributed by atoms with Crippen molar-refractivity contribution in [2.45, 2.75) is 6.92 Å². The number of carbonyl (C=O) groups excluding carboxylic acids is 1. The van der Waals surface area contributed by atoms with Crippen LogP contribution in [0.2, 0.25) is 0 Å². The Bertz CT molecular complexity index is 1230. The number of nitro benzene ring substituents is 1. The molecule has 0 heterocycles. The molecule has 0 radical (unpaired) electrons. The lowest BCUT2D eigenvalue weighted by atomic mass is 9.88. The van der Waals surface area contributed by atoms with Gasteiger partial charge in [0.25, 0.3) is 5.69 Å². The molecule has 5 heteroatoms. The van der Waals surface area contributed by atoms with E-state index >= 15 is 0 Å². The van der Waals surface area contributed by atoms with Crippen LogP contribution in [-0.2, 0) is 9.53 Å². The smallest absolute Gasteiger partial charge is 0.330 e. The normalized spacial score (nSPS) is 11.2. The Balaban J connectivity index is 2.01. The lowest BCUT2D eigenvalue weighted by Gasteiger charge is -2.15. The monoisotopic (exact) mass is 397 g/mol. The molecular weight excluding hydrogens is 378 g/mol. The van der Waals surface area contributed by atoms with Crippen molar-refractivity contribution in [2.24, 2.45) is 0 Å². The Morgan fingerprint density at radius 3 is 1.93 bits per heavy atom. The fourth-order valence-corrected chi connectivity index (χ4v) is 3.74. The molecule has 0 aliphatic heterocycles. The highest BCUT2D eigenvalue weighted by Gasteiger charge is 2.15. The van der Waals surface area contributed by atoms with E-state index in [1.54, 1.807) is 25.1 Å². The van der Waals surface area contributed by atoms with Crippen molar-refractivity contribution in [1.82, 2.24) is 0 Å². The molecule has 0 fully saturated rings. The molecule has 4 aromatic carbocycles. The lowest BCUT2D eigenvalue weighted by Crippen LogP contribution is -1.99. The van der Waals surface area contributed by atoms with E-state index in [9.17, 15) is 14.9 Å². The van der Waals surface area contributed by atoms with E-state index in [0.29, 0.717) is 6.61 Å². The van der Waals surface area contributed by atoms with E-state index in [1.165, 1.54) is 18.2 Å². The Morgan fingerprint density at radius 1 is 0.900 bits per heavy atom. The average molecular weight is 397 g/mol. The maximum Gasteiger partial charge on any atom is 0.330 e. The van der Waals surface area contributed by atoms with E-state index < -0.39 is 4.92 Å². The van der Waals surface area contributed by atoms with Crippen LogP contribution in [0.15, 0.2) is 78.9 Å². The molecule has 4 rings (SSSR count). The number of esters is 1. The van der Waals surface area contributed by atoms with Crippen LogP contribution in [0.4, 0.5) is 5.69 Å². The maximum absolute atomic E-state index is 11.9. The van der Waals surface area contributed by atoms with Crippen molar-refractivity contribution < 1.29 is 14.5 Å². The van der Waals surface area contributed by atoms with Gasteiger partial charge in [-0.25, -0.2) is 4.79 Å². The second-order valence-corrected chi connectivity index (χ2v) is 6.77. The first kappa shape index (κ1) is 19.3. The molecule has 0 aromatic heterocycles. The van der Waals surface area contributed by atoms with Gasteiger partial charge in [-0.15, -0.1) is 0 Å². The molecule has 0 saturated carbocycles. The molecule has 5 nitrogen and oxygen atoms in total. The van der Waals surface area contributed by atoms with Crippen LogP contribution < -0.4 is 0 Å². The van der Waals surface area contributed by atoms with Crippen molar-refractivity contribution in [2.75, 3.05) is 6.61 Å². The average Bonchev–Trinajstić information content (AvgIpc) is 2.77. The predicted octanol–water partition coefficient (Wildman–Crippen LogP) is 6.14. The van der Waals surface area contributed by atoms with Gasteiger partial charge in [0.05, 0.1) is 11.5 Å². The highest BCUT2D eigenvalue weighted by molar-refractivity contribution is 6.17. The standard InChI is InChI=1S/C25H19NO4/c1-2-30-24(27)16-15-21-19-7-3-5-9-22(19)25(23-10-6-4-8-20(21)23)17-11-13-18(14-12-17)26(28)29/h3-16H,2H2,1H3/b16-15+. The van der Waals surface area contributed by atoms with Gasteiger partial charge < -0.3 is 4.74 Å². The molecule has 4 aromatic rings. The second-order valence-electron chi connectivity index (χ2n) is 6.77. The molecule has 0 saturated heterocycles. The summed E-state index contributed by atoms with van der Waals surface area (Å²) in [5, 5.41) is 15.0. The van der Waals surface area contributed by atoms with Gasteiger partial charge in [0.2, 0.25) is 0 Å². The molecule has 148 valence electrons. The quantitative estimate of drug-likeness (QED) is 0.133. The van der Waals surface area contributed by atoms with Crippen molar-refractivity contribution >= 4 is 39.3 Å². The highest BCUT2D eigenvalue weighted by Crippen LogP contribution is 2.40. The first-order valence-electron chi connectivity index (χ1n) is 9.63. The van der Waals surface area contributed by atoms with Gasteiger partial charge in [-0.05, 0) is 63.4 Å². The number of fused-ring (bicyclic) bond motifs is 2. The summed E-state index contributed by atoms with van der Waals surface area (Å²) in [6.45, 7) is 2.10. The van der Waals surface area contributed by atoms with Gasteiger partial charge in [-0.3, -0.25) is 10.1 Å². The molecule has 0 atom stereocenters. The van der Waals surface area contributed by atoms with E-state index in [0.717, 1.165) is 38.2 Å². The Hall–Kier alpha value is -3.99. The largest absolute Gasteiger partial charge is 0.463 e. The zero-order valence-corrected chi connectivity index (χ0v) is 16.4. The Labute approximate surface area is 173 Å². The van der Waals surface area contributed by atoms with Crippen LogP contribution in [0.3, 0.4) is 0 Å². The van der Waals surface area contributed by atoms with Crippen LogP contribution in [0.1, 0.15) is 12.5 Å². The van der Waals surface area contributed by atoms with Gasteiger partial charge in [-0.2, -0.15) is 0 Å². The number of carbonyl (C=O) groups is 1. The fraction of sp³-hybridized carbons (Fsp3) is 0.0800. The molecule has 0 spiro atoms. The van der Waals surface area contributed by atoms with Crippen LogP contribution in [0.25, 0.3) is 38.7 Å². The van der Waals surface area contributed by atoms with E-state index in [2.05, 4.69) is 0 Å². The van der Waals surface area contributed by atoms with E-state index in [-0.39, 0.29) is 11.7 Å². The zero-order valence-electron chi connectivity index (χ0n) is 16.4. The third-order valence-electron chi connectivity index (χ3n) is 5.01. The number of hydrogen-bond acceptors (Lipinski definition) is 4. The van der Waals surface area contributed by atoms with Crippen molar-refractivity contribution in [1.29, 1.82) is 0 Å². The first-order chi connectivity index (χ1) is 14.6. The minimum atomic E-state index is -0.400. The Kier molecular flexibility index (Phi) is 5.26.